The lowest BCUT2D eigenvalue weighted by Crippen LogP contribution is -2.40. The molecule has 1 aromatic heterocycles. The number of carbonyl (C=O) groups is 1. The molecule has 1 aromatic carbocycles. The van der Waals surface area contributed by atoms with Gasteiger partial charge in [0.05, 0.1) is 9.80 Å². The van der Waals surface area contributed by atoms with Gasteiger partial charge in [0.1, 0.15) is 0 Å². The van der Waals surface area contributed by atoms with E-state index in [-0.39, 0.29) is 17.6 Å². The first-order valence-corrected chi connectivity index (χ1v) is 8.05. The number of carbonyl (C=O) groups excluding carboxylic acids is 1. The number of hydrogen-bond acceptors (Lipinski definition) is 5. The molecule has 1 aliphatic rings. The van der Waals surface area contributed by atoms with Gasteiger partial charge in [-0.2, -0.15) is 0 Å². The predicted molar refractivity (Wildman–Crippen MR) is 86.5 cm³/mol. The molecule has 3 rings (SSSR count). The van der Waals surface area contributed by atoms with Crippen molar-refractivity contribution in [2.24, 2.45) is 0 Å². The first-order chi connectivity index (χ1) is 10.6. The summed E-state index contributed by atoms with van der Waals surface area (Å²) in [5.74, 6) is 0.0293. The molecule has 1 atom stereocenters. The number of rotatable bonds is 4. The number of likely N-dealkylation sites (tertiary alicyclic amines) is 1. The molecule has 0 aliphatic carbocycles. The van der Waals surface area contributed by atoms with Gasteiger partial charge in [0.2, 0.25) is 0 Å². The summed E-state index contributed by atoms with van der Waals surface area (Å²) in [5.41, 5.74) is 0.0542. The maximum absolute atomic E-state index is 12.7. The highest BCUT2D eigenvalue weighted by molar-refractivity contribution is 7.20. The van der Waals surface area contributed by atoms with Gasteiger partial charge in [-0.1, -0.05) is 0 Å². The summed E-state index contributed by atoms with van der Waals surface area (Å²) in [4.78, 5) is 25.7. The Hall–Kier alpha value is -1.99. The standard InChI is InChI=1S/C15H17N3O3S/c1-16-9-12-3-2-6-17(12)15(19)14-8-10-7-11(18(20)21)4-5-13(10)22-14/h4-5,7-8,12,16H,2-3,6,9H2,1H3. The zero-order valence-electron chi connectivity index (χ0n) is 12.2. The molecule has 1 unspecified atom stereocenters. The van der Waals surface area contributed by atoms with Crippen LogP contribution in [0.15, 0.2) is 24.3 Å². The lowest BCUT2D eigenvalue weighted by Gasteiger charge is -2.23. The molecule has 1 amide bonds. The van der Waals surface area contributed by atoms with Crippen molar-refractivity contribution in [3.8, 4) is 0 Å². The monoisotopic (exact) mass is 319 g/mol. The Labute approximate surface area is 131 Å². The predicted octanol–water partition coefficient (Wildman–Crippen LogP) is 2.63. The molecule has 2 aromatic rings. The number of non-ortho nitro benzene ring substituents is 1. The molecule has 2 heterocycles. The summed E-state index contributed by atoms with van der Waals surface area (Å²) in [7, 11) is 1.89. The molecule has 0 radical (unpaired) electrons. The van der Waals surface area contributed by atoms with E-state index < -0.39 is 4.92 Å². The van der Waals surface area contributed by atoms with Crippen LogP contribution in [-0.4, -0.2) is 41.9 Å². The minimum absolute atomic E-state index is 0.0293. The molecule has 0 saturated carbocycles. The Morgan fingerprint density at radius 2 is 2.32 bits per heavy atom. The number of thiophene rings is 1. The number of nitro benzene ring substituents is 1. The highest BCUT2D eigenvalue weighted by Gasteiger charge is 2.29. The van der Waals surface area contributed by atoms with Gasteiger partial charge >= 0.3 is 0 Å². The summed E-state index contributed by atoms with van der Waals surface area (Å²) in [5, 5.41) is 14.7. The fourth-order valence-electron chi connectivity index (χ4n) is 2.94. The minimum atomic E-state index is -0.415. The number of amides is 1. The number of nitro groups is 1. The second-order valence-electron chi connectivity index (χ2n) is 5.44. The lowest BCUT2D eigenvalue weighted by molar-refractivity contribution is -0.384. The second-order valence-corrected chi connectivity index (χ2v) is 6.53. The summed E-state index contributed by atoms with van der Waals surface area (Å²) < 4.78 is 0.901. The van der Waals surface area contributed by atoms with Crippen molar-refractivity contribution in [1.82, 2.24) is 10.2 Å². The molecule has 1 saturated heterocycles. The Morgan fingerprint density at radius 1 is 1.50 bits per heavy atom. The van der Waals surface area contributed by atoms with E-state index in [9.17, 15) is 14.9 Å². The molecular formula is C15H17N3O3S. The molecule has 116 valence electrons. The third-order valence-electron chi connectivity index (χ3n) is 4.00. The van der Waals surface area contributed by atoms with E-state index in [1.165, 1.54) is 23.5 Å². The van der Waals surface area contributed by atoms with Gasteiger partial charge < -0.3 is 10.2 Å². The van der Waals surface area contributed by atoms with E-state index in [1.54, 1.807) is 12.1 Å². The van der Waals surface area contributed by atoms with Crippen LogP contribution in [0.1, 0.15) is 22.5 Å². The van der Waals surface area contributed by atoms with Crippen LogP contribution in [0.4, 0.5) is 5.69 Å². The molecule has 0 bridgehead atoms. The van der Waals surface area contributed by atoms with Crippen molar-refractivity contribution in [2.75, 3.05) is 20.1 Å². The number of nitrogens with zero attached hydrogens (tertiary/aromatic N) is 2. The van der Waals surface area contributed by atoms with Crippen molar-refractivity contribution >= 4 is 33.0 Å². The first kappa shape index (κ1) is 14.9. The zero-order valence-corrected chi connectivity index (χ0v) is 13.1. The van der Waals surface area contributed by atoms with Crippen LogP contribution in [0.5, 0.6) is 0 Å². The average Bonchev–Trinajstić information content (AvgIpc) is 3.12. The van der Waals surface area contributed by atoms with Crippen LogP contribution in [0.2, 0.25) is 0 Å². The third kappa shape index (κ3) is 2.69. The van der Waals surface area contributed by atoms with E-state index >= 15 is 0 Å². The highest BCUT2D eigenvalue weighted by atomic mass is 32.1. The molecule has 22 heavy (non-hydrogen) atoms. The molecular weight excluding hydrogens is 302 g/mol. The molecule has 7 heteroatoms. The Kier molecular flexibility index (Phi) is 4.08. The van der Waals surface area contributed by atoms with Gasteiger partial charge in [-0.15, -0.1) is 11.3 Å². The Bertz CT molecular complexity index is 728. The van der Waals surface area contributed by atoms with Crippen molar-refractivity contribution in [3.63, 3.8) is 0 Å². The van der Waals surface area contributed by atoms with E-state index in [0.29, 0.717) is 4.88 Å². The van der Waals surface area contributed by atoms with E-state index in [1.807, 2.05) is 11.9 Å². The second kappa shape index (κ2) is 6.02. The fourth-order valence-corrected chi connectivity index (χ4v) is 3.94. The molecule has 1 N–H and O–H groups in total. The van der Waals surface area contributed by atoms with E-state index in [4.69, 9.17) is 0 Å². The van der Waals surface area contributed by atoms with Gasteiger partial charge in [0.15, 0.2) is 0 Å². The van der Waals surface area contributed by atoms with Crippen molar-refractivity contribution < 1.29 is 9.72 Å². The summed E-state index contributed by atoms with van der Waals surface area (Å²) in [6, 6.07) is 6.72. The minimum Gasteiger partial charge on any atom is -0.334 e. The zero-order chi connectivity index (χ0) is 15.7. The van der Waals surface area contributed by atoms with Crippen molar-refractivity contribution in [2.45, 2.75) is 18.9 Å². The Balaban J connectivity index is 1.89. The molecule has 1 aliphatic heterocycles. The third-order valence-corrected chi connectivity index (χ3v) is 5.10. The van der Waals surface area contributed by atoms with Gasteiger partial charge in [0, 0.05) is 41.4 Å². The van der Waals surface area contributed by atoms with E-state index in [2.05, 4.69) is 5.32 Å². The number of fused-ring (bicyclic) bond motifs is 1. The van der Waals surface area contributed by atoms with Crippen molar-refractivity contribution in [1.29, 1.82) is 0 Å². The Morgan fingerprint density at radius 3 is 3.05 bits per heavy atom. The summed E-state index contributed by atoms with van der Waals surface area (Å²) >= 11 is 1.40. The number of nitrogens with one attached hydrogen (secondary N) is 1. The first-order valence-electron chi connectivity index (χ1n) is 7.23. The summed E-state index contributed by atoms with van der Waals surface area (Å²) in [6.45, 7) is 1.57. The van der Waals surface area contributed by atoms with Crippen LogP contribution < -0.4 is 5.32 Å². The molecule has 0 spiro atoms. The molecule has 6 nitrogen and oxygen atoms in total. The highest BCUT2D eigenvalue weighted by Crippen LogP contribution is 2.31. The lowest BCUT2D eigenvalue weighted by atomic mass is 10.2. The van der Waals surface area contributed by atoms with Gasteiger partial charge in [-0.3, -0.25) is 14.9 Å². The van der Waals surface area contributed by atoms with Gasteiger partial charge in [-0.25, -0.2) is 0 Å². The number of hydrogen-bond donors (Lipinski definition) is 1. The summed E-state index contributed by atoms with van der Waals surface area (Å²) in [6.07, 6.45) is 2.04. The normalized spacial score (nSPS) is 18.0. The van der Waals surface area contributed by atoms with Crippen LogP contribution in [0.3, 0.4) is 0 Å². The van der Waals surface area contributed by atoms with Crippen LogP contribution in [-0.2, 0) is 0 Å². The number of benzene rings is 1. The van der Waals surface area contributed by atoms with Crippen LogP contribution in [0, 0.1) is 10.1 Å². The smallest absolute Gasteiger partial charge is 0.270 e. The molecule has 1 fully saturated rings. The quantitative estimate of drug-likeness (QED) is 0.694. The average molecular weight is 319 g/mol. The topological polar surface area (TPSA) is 75.5 Å². The van der Waals surface area contributed by atoms with Crippen LogP contribution in [0.25, 0.3) is 10.1 Å². The number of likely N-dealkylation sites (N-methyl/N-ethyl adjacent to an activating group) is 1. The van der Waals surface area contributed by atoms with E-state index in [0.717, 1.165) is 36.0 Å². The van der Waals surface area contributed by atoms with Gasteiger partial charge in [-0.05, 0) is 32.0 Å². The van der Waals surface area contributed by atoms with Crippen LogP contribution >= 0.6 is 11.3 Å². The maximum Gasteiger partial charge on any atom is 0.270 e. The maximum atomic E-state index is 12.7. The SMILES string of the molecule is CNCC1CCCN1C(=O)c1cc2cc([N+](=O)[O-])ccc2s1. The fraction of sp³-hybridized carbons (Fsp3) is 0.400. The van der Waals surface area contributed by atoms with Crippen molar-refractivity contribution in [3.05, 3.63) is 39.3 Å². The van der Waals surface area contributed by atoms with Gasteiger partial charge in [0.25, 0.3) is 11.6 Å². The largest absolute Gasteiger partial charge is 0.334 e.